The summed E-state index contributed by atoms with van der Waals surface area (Å²) in [6.07, 6.45) is 0.455. The van der Waals surface area contributed by atoms with E-state index in [4.69, 9.17) is 5.73 Å². The molecule has 0 radical (unpaired) electrons. The number of aromatic nitrogens is 2. The topological polar surface area (TPSA) is 98.0 Å². The Morgan fingerprint density at radius 1 is 1.35 bits per heavy atom. The van der Waals surface area contributed by atoms with Gasteiger partial charge in [-0.3, -0.25) is 4.72 Å². The normalized spacial score (nSPS) is 13.4. The summed E-state index contributed by atoms with van der Waals surface area (Å²) in [5.41, 5.74) is 6.86. The maximum absolute atomic E-state index is 11.9. The van der Waals surface area contributed by atoms with Gasteiger partial charge in [-0.2, -0.15) is 0 Å². The average Bonchev–Trinajstić information content (AvgIpc) is 2.15. The molecule has 0 amide bonds. The maximum Gasteiger partial charge on any atom is 0.239 e. The van der Waals surface area contributed by atoms with Crippen LogP contribution in [0.4, 0.5) is 5.95 Å². The molecule has 0 fully saturated rings. The molecular formula is C10H18N4O2S. The molecule has 0 aromatic carbocycles. The summed E-state index contributed by atoms with van der Waals surface area (Å²) in [5, 5.41) is -0.619. The minimum absolute atomic E-state index is 0.0800. The molecule has 0 bridgehead atoms. The van der Waals surface area contributed by atoms with E-state index in [2.05, 4.69) is 14.7 Å². The van der Waals surface area contributed by atoms with E-state index in [0.717, 1.165) is 11.4 Å². The van der Waals surface area contributed by atoms with Gasteiger partial charge in [0.25, 0.3) is 0 Å². The molecular weight excluding hydrogens is 240 g/mol. The number of hydrogen-bond donors (Lipinski definition) is 2. The van der Waals surface area contributed by atoms with Crippen molar-refractivity contribution in [1.29, 1.82) is 0 Å². The van der Waals surface area contributed by atoms with Crippen molar-refractivity contribution in [2.45, 2.75) is 32.4 Å². The highest BCUT2D eigenvalue weighted by molar-refractivity contribution is 7.93. The zero-order valence-electron chi connectivity index (χ0n) is 10.3. The lowest BCUT2D eigenvalue weighted by Gasteiger charge is -2.14. The van der Waals surface area contributed by atoms with Crippen LogP contribution in [0.5, 0.6) is 0 Å². The van der Waals surface area contributed by atoms with Crippen LogP contribution in [-0.4, -0.2) is 30.2 Å². The molecule has 1 aromatic heterocycles. The predicted molar refractivity (Wildman–Crippen MR) is 67.2 cm³/mol. The van der Waals surface area contributed by atoms with Crippen molar-refractivity contribution in [1.82, 2.24) is 9.97 Å². The fourth-order valence-electron chi connectivity index (χ4n) is 1.49. The highest BCUT2D eigenvalue weighted by atomic mass is 32.2. The van der Waals surface area contributed by atoms with Gasteiger partial charge in [-0.25, -0.2) is 18.4 Å². The Bertz CT molecular complexity index is 463. The first-order valence-corrected chi connectivity index (χ1v) is 6.97. The van der Waals surface area contributed by atoms with E-state index >= 15 is 0 Å². The number of hydrogen-bond acceptors (Lipinski definition) is 5. The van der Waals surface area contributed by atoms with E-state index in [-0.39, 0.29) is 12.5 Å². The molecule has 0 aliphatic heterocycles. The number of nitrogens with one attached hydrogen (secondary N) is 1. The molecule has 17 heavy (non-hydrogen) atoms. The lowest BCUT2D eigenvalue weighted by Crippen LogP contribution is -2.34. The molecule has 1 unspecified atom stereocenters. The Morgan fingerprint density at radius 2 is 1.88 bits per heavy atom. The smallest absolute Gasteiger partial charge is 0.239 e. The molecule has 1 atom stereocenters. The molecule has 0 aliphatic rings. The molecule has 0 saturated heterocycles. The minimum atomic E-state index is -3.51. The van der Waals surface area contributed by atoms with Crippen molar-refractivity contribution < 1.29 is 8.42 Å². The number of aryl methyl sites for hydroxylation is 2. The number of nitrogens with zero attached hydrogens (tertiary/aromatic N) is 2. The standard InChI is InChI=1S/C10H18N4O2S/c1-4-9(6-11)17(15,16)14-10-12-7(2)5-8(3)13-10/h5,9H,4,6,11H2,1-3H3,(H,12,13,14). The number of nitrogens with two attached hydrogens (primary N) is 1. The zero-order chi connectivity index (χ0) is 13.1. The molecule has 1 rings (SSSR count). The van der Waals surface area contributed by atoms with Gasteiger partial charge in [0.05, 0.1) is 5.25 Å². The molecule has 6 nitrogen and oxygen atoms in total. The van der Waals surface area contributed by atoms with Crippen molar-refractivity contribution >= 4 is 16.0 Å². The second kappa shape index (κ2) is 5.42. The largest absolute Gasteiger partial charge is 0.329 e. The maximum atomic E-state index is 11.9. The van der Waals surface area contributed by atoms with Gasteiger partial charge in [-0.1, -0.05) is 6.92 Å². The first-order valence-electron chi connectivity index (χ1n) is 5.43. The van der Waals surface area contributed by atoms with Gasteiger partial charge in [0, 0.05) is 17.9 Å². The van der Waals surface area contributed by atoms with Crippen molar-refractivity contribution in [2.75, 3.05) is 11.3 Å². The molecule has 7 heteroatoms. The highest BCUT2D eigenvalue weighted by Crippen LogP contribution is 2.10. The van der Waals surface area contributed by atoms with E-state index < -0.39 is 15.3 Å². The van der Waals surface area contributed by atoms with Gasteiger partial charge in [-0.05, 0) is 26.3 Å². The van der Waals surface area contributed by atoms with E-state index in [1.807, 2.05) is 0 Å². The van der Waals surface area contributed by atoms with Crippen LogP contribution >= 0.6 is 0 Å². The second-order valence-electron chi connectivity index (χ2n) is 3.89. The molecule has 96 valence electrons. The van der Waals surface area contributed by atoms with Gasteiger partial charge in [0.2, 0.25) is 16.0 Å². The first-order chi connectivity index (χ1) is 7.89. The molecule has 0 saturated carbocycles. The van der Waals surface area contributed by atoms with Crippen molar-refractivity contribution in [2.24, 2.45) is 5.73 Å². The summed E-state index contributed by atoms with van der Waals surface area (Å²) in [6.45, 7) is 5.43. The summed E-state index contributed by atoms with van der Waals surface area (Å²) in [5.74, 6) is 0.106. The van der Waals surface area contributed by atoms with E-state index in [1.165, 1.54) is 0 Å². The van der Waals surface area contributed by atoms with Crippen LogP contribution in [0, 0.1) is 13.8 Å². The monoisotopic (exact) mass is 258 g/mol. The predicted octanol–water partition coefficient (Wildman–Crippen LogP) is 0.572. The molecule has 1 heterocycles. The van der Waals surface area contributed by atoms with Gasteiger partial charge < -0.3 is 5.73 Å². The third-order valence-corrected chi connectivity index (χ3v) is 4.24. The molecule has 0 spiro atoms. The Kier molecular flexibility index (Phi) is 4.41. The van der Waals surface area contributed by atoms with Crippen LogP contribution in [0.3, 0.4) is 0 Å². The van der Waals surface area contributed by atoms with Gasteiger partial charge in [0.15, 0.2) is 0 Å². The van der Waals surface area contributed by atoms with Crippen molar-refractivity contribution in [3.05, 3.63) is 17.5 Å². The zero-order valence-corrected chi connectivity index (χ0v) is 11.1. The molecule has 3 N–H and O–H groups in total. The SMILES string of the molecule is CCC(CN)S(=O)(=O)Nc1nc(C)cc(C)n1. The third kappa shape index (κ3) is 3.64. The molecule has 1 aromatic rings. The van der Waals surface area contributed by atoms with Gasteiger partial charge in [0.1, 0.15) is 0 Å². The van der Waals surface area contributed by atoms with Crippen LogP contribution < -0.4 is 10.5 Å². The fraction of sp³-hybridized carbons (Fsp3) is 0.600. The number of rotatable bonds is 5. The summed E-state index contributed by atoms with van der Waals surface area (Å²) in [7, 11) is -3.51. The lowest BCUT2D eigenvalue weighted by molar-refractivity contribution is 0.581. The Labute approximate surface area is 102 Å². The molecule has 0 aliphatic carbocycles. The number of sulfonamides is 1. The summed E-state index contributed by atoms with van der Waals surface area (Å²) >= 11 is 0. The highest BCUT2D eigenvalue weighted by Gasteiger charge is 2.23. The summed E-state index contributed by atoms with van der Waals surface area (Å²) < 4.78 is 26.2. The van der Waals surface area contributed by atoms with Crippen LogP contribution in [0.1, 0.15) is 24.7 Å². The van der Waals surface area contributed by atoms with Crippen LogP contribution in [0.2, 0.25) is 0 Å². The Hall–Kier alpha value is -1.21. The summed E-state index contributed by atoms with van der Waals surface area (Å²) in [6, 6.07) is 1.78. The van der Waals surface area contributed by atoms with Crippen molar-refractivity contribution in [3.8, 4) is 0 Å². The minimum Gasteiger partial charge on any atom is -0.329 e. The van der Waals surface area contributed by atoms with E-state index in [1.54, 1.807) is 26.8 Å². The average molecular weight is 258 g/mol. The fourth-order valence-corrected chi connectivity index (χ4v) is 2.70. The van der Waals surface area contributed by atoms with Crippen LogP contribution in [0.25, 0.3) is 0 Å². The third-order valence-electron chi connectivity index (χ3n) is 2.37. The second-order valence-corrected chi connectivity index (χ2v) is 5.85. The van der Waals surface area contributed by atoms with Gasteiger partial charge >= 0.3 is 0 Å². The van der Waals surface area contributed by atoms with Crippen LogP contribution in [-0.2, 0) is 10.0 Å². The Morgan fingerprint density at radius 3 is 2.29 bits per heavy atom. The summed E-state index contributed by atoms with van der Waals surface area (Å²) in [4.78, 5) is 8.06. The quantitative estimate of drug-likeness (QED) is 0.804. The first kappa shape index (κ1) is 13.9. The van der Waals surface area contributed by atoms with E-state index in [0.29, 0.717) is 6.42 Å². The lowest BCUT2D eigenvalue weighted by atomic mass is 10.3. The van der Waals surface area contributed by atoms with Crippen LogP contribution in [0.15, 0.2) is 6.07 Å². The van der Waals surface area contributed by atoms with Crippen molar-refractivity contribution in [3.63, 3.8) is 0 Å². The Balaban J connectivity index is 2.97. The van der Waals surface area contributed by atoms with Gasteiger partial charge in [-0.15, -0.1) is 0 Å². The van der Waals surface area contributed by atoms with E-state index in [9.17, 15) is 8.42 Å². The number of anilines is 1.